The predicted octanol–water partition coefficient (Wildman–Crippen LogP) is 1.84. The highest BCUT2D eigenvalue weighted by Gasteiger charge is 2.29. The number of aromatic nitrogens is 6. The molecule has 5 rings (SSSR count). The van der Waals surface area contributed by atoms with Gasteiger partial charge in [0.05, 0.1) is 0 Å². The lowest BCUT2D eigenvalue weighted by Crippen LogP contribution is -2.38. The van der Waals surface area contributed by atoms with Crippen LogP contribution in [0.2, 0.25) is 0 Å². The molecular weight excluding hydrogens is 368 g/mol. The summed E-state index contributed by atoms with van der Waals surface area (Å²) in [6.07, 6.45) is 7.53. The molecule has 3 aromatic heterocycles. The van der Waals surface area contributed by atoms with Gasteiger partial charge in [-0.2, -0.15) is 4.98 Å². The molecule has 2 saturated heterocycles. The molecule has 0 aliphatic carbocycles. The number of hydrogen-bond donors (Lipinski definition) is 0. The van der Waals surface area contributed by atoms with E-state index in [0.29, 0.717) is 18.9 Å². The van der Waals surface area contributed by atoms with E-state index >= 15 is 0 Å². The Morgan fingerprint density at radius 1 is 1.07 bits per heavy atom. The van der Waals surface area contributed by atoms with E-state index in [9.17, 15) is 4.79 Å². The van der Waals surface area contributed by atoms with Crippen LogP contribution in [-0.4, -0.2) is 66.5 Å². The molecule has 3 aromatic rings. The van der Waals surface area contributed by atoms with Crippen molar-refractivity contribution in [3.8, 4) is 0 Å². The van der Waals surface area contributed by atoms with Crippen LogP contribution in [0.4, 0.5) is 5.82 Å². The van der Waals surface area contributed by atoms with Crippen molar-refractivity contribution in [3.05, 3.63) is 41.9 Å². The number of fused-ring (bicyclic) bond motifs is 1. The standard InChI is InChI=1S/C20H24N8O/c1-14-13-16(26-8-2-3-9-26)23-17(22-14)15-5-11-27(12-6-15)19(29)18-24-20-21-7-4-10-28(20)25-18/h4,7,10,13,15H,2-3,5-6,8-9,11-12H2,1H3. The summed E-state index contributed by atoms with van der Waals surface area (Å²) in [5.41, 5.74) is 1.01. The summed E-state index contributed by atoms with van der Waals surface area (Å²) >= 11 is 0. The molecule has 2 fully saturated rings. The number of amides is 1. The van der Waals surface area contributed by atoms with E-state index < -0.39 is 0 Å². The SMILES string of the molecule is Cc1cc(N2CCCC2)nc(C2CCN(C(=O)c3nc4ncccn4n3)CC2)n1. The first-order valence-electron chi connectivity index (χ1n) is 10.2. The lowest BCUT2D eigenvalue weighted by Gasteiger charge is -2.31. The minimum Gasteiger partial charge on any atom is -0.357 e. The van der Waals surface area contributed by atoms with Gasteiger partial charge in [0.2, 0.25) is 5.82 Å². The van der Waals surface area contributed by atoms with Crippen LogP contribution < -0.4 is 4.90 Å². The van der Waals surface area contributed by atoms with Crippen LogP contribution in [-0.2, 0) is 0 Å². The van der Waals surface area contributed by atoms with E-state index in [-0.39, 0.29) is 17.6 Å². The predicted molar refractivity (Wildman–Crippen MR) is 107 cm³/mol. The largest absolute Gasteiger partial charge is 0.357 e. The molecule has 0 bridgehead atoms. The van der Waals surface area contributed by atoms with Crippen molar-refractivity contribution < 1.29 is 4.79 Å². The van der Waals surface area contributed by atoms with Crippen molar-refractivity contribution in [1.29, 1.82) is 0 Å². The van der Waals surface area contributed by atoms with Crippen LogP contribution in [0.5, 0.6) is 0 Å². The number of anilines is 1. The Labute approximate surface area is 168 Å². The Morgan fingerprint density at radius 3 is 2.62 bits per heavy atom. The van der Waals surface area contributed by atoms with Gasteiger partial charge in [-0.05, 0) is 38.7 Å². The van der Waals surface area contributed by atoms with Gasteiger partial charge in [-0.1, -0.05) is 0 Å². The van der Waals surface area contributed by atoms with E-state index in [2.05, 4.69) is 26.0 Å². The van der Waals surface area contributed by atoms with Crippen LogP contribution in [0.25, 0.3) is 5.78 Å². The summed E-state index contributed by atoms with van der Waals surface area (Å²) in [4.78, 5) is 34.9. The molecule has 2 aliphatic heterocycles. The number of aryl methyl sites for hydroxylation is 1. The second kappa shape index (κ2) is 7.38. The summed E-state index contributed by atoms with van der Waals surface area (Å²) in [6, 6.07) is 3.84. The molecule has 2 aliphatic rings. The van der Waals surface area contributed by atoms with Gasteiger partial charge in [0.25, 0.3) is 11.7 Å². The molecule has 1 amide bonds. The van der Waals surface area contributed by atoms with E-state index in [0.717, 1.165) is 43.3 Å². The average molecular weight is 392 g/mol. The van der Waals surface area contributed by atoms with Crippen LogP contribution >= 0.6 is 0 Å². The fourth-order valence-corrected chi connectivity index (χ4v) is 4.17. The van der Waals surface area contributed by atoms with Crippen molar-refractivity contribution in [1.82, 2.24) is 34.4 Å². The van der Waals surface area contributed by atoms with Gasteiger partial charge in [-0.3, -0.25) is 4.79 Å². The van der Waals surface area contributed by atoms with Gasteiger partial charge in [0, 0.05) is 56.3 Å². The molecule has 0 spiro atoms. The Bertz CT molecular complexity index is 1000. The van der Waals surface area contributed by atoms with Crippen molar-refractivity contribution in [2.45, 2.75) is 38.5 Å². The van der Waals surface area contributed by atoms with Crippen LogP contribution in [0.15, 0.2) is 24.5 Å². The number of rotatable bonds is 3. The lowest BCUT2D eigenvalue weighted by atomic mass is 9.95. The summed E-state index contributed by atoms with van der Waals surface area (Å²) in [7, 11) is 0. The van der Waals surface area contributed by atoms with E-state index in [1.807, 2.05) is 11.8 Å². The van der Waals surface area contributed by atoms with Gasteiger partial charge < -0.3 is 9.80 Å². The maximum Gasteiger partial charge on any atom is 0.293 e. The molecule has 5 heterocycles. The Balaban J connectivity index is 1.28. The topological polar surface area (TPSA) is 92.4 Å². The summed E-state index contributed by atoms with van der Waals surface area (Å²) in [6.45, 7) is 5.49. The maximum atomic E-state index is 12.8. The number of nitrogens with zero attached hydrogens (tertiary/aromatic N) is 8. The Morgan fingerprint density at radius 2 is 1.86 bits per heavy atom. The highest BCUT2D eigenvalue weighted by atomic mass is 16.2. The first-order chi connectivity index (χ1) is 14.2. The average Bonchev–Trinajstić information content (AvgIpc) is 3.43. The first-order valence-corrected chi connectivity index (χ1v) is 10.2. The summed E-state index contributed by atoms with van der Waals surface area (Å²) in [5, 5.41) is 4.25. The Hall–Kier alpha value is -3.10. The molecule has 0 N–H and O–H groups in total. The second-order valence-corrected chi connectivity index (χ2v) is 7.79. The maximum absolute atomic E-state index is 12.8. The molecule has 0 atom stereocenters. The molecule has 0 aromatic carbocycles. The fraction of sp³-hybridized carbons (Fsp3) is 0.500. The molecule has 150 valence electrons. The highest BCUT2D eigenvalue weighted by molar-refractivity contribution is 5.90. The third-order valence-corrected chi connectivity index (χ3v) is 5.74. The minimum absolute atomic E-state index is 0.142. The molecular formula is C20H24N8O. The number of piperidine rings is 1. The van der Waals surface area contributed by atoms with Gasteiger partial charge in [0.1, 0.15) is 11.6 Å². The normalized spacial score (nSPS) is 18.0. The van der Waals surface area contributed by atoms with Crippen LogP contribution in [0.3, 0.4) is 0 Å². The highest BCUT2D eigenvalue weighted by Crippen LogP contribution is 2.28. The quantitative estimate of drug-likeness (QED) is 0.671. The van der Waals surface area contributed by atoms with E-state index in [4.69, 9.17) is 9.97 Å². The van der Waals surface area contributed by atoms with Crippen LogP contribution in [0, 0.1) is 6.92 Å². The zero-order valence-electron chi connectivity index (χ0n) is 16.5. The number of hydrogen-bond acceptors (Lipinski definition) is 7. The zero-order chi connectivity index (χ0) is 19.8. The zero-order valence-corrected chi connectivity index (χ0v) is 16.5. The minimum atomic E-state index is -0.142. The monoisotopic (exact) mass is 392 g/mol. The summed E-state index contributed by atoms with van der Waals surface area (Å²) in [5.74, 6) is 2.73. The van der Waals surface area contributed by atoms with E-state index in [1.165, 1.54) is 17.4 Å². The molecule has 9 nitrogen and oxygen atoms in total. The van der Waals surface area contributed by atoms with Crippen molar-refractivity contribution in [2.75, 3.05) is 31.1 Å². The second-order valence-electron chi connectivity index (χ2n) is 7.79. The number of likely N-dealkylation sites (tertiary alicyclic amines) is 1. The third-order valence-electron chi connectivity index (χ3n) is 5.74. The van der Waals surface area contributed by atoms with Gasteiger partial charge in [0.15, 0.2) is 0 Å². The molecule has 0 unspecified atom stereocenters. The van der Waals surface area contributed by atoms with Crippen molar-refractivity contribution in [3.63, 3.8) is 0 Å². The van der Waals surface area contributed by atoms with Gasteiger partial charge in [-0.25, -0.2) is 19.5 Å². The Kier molecular flexibility index (Phi) is 4.57. The number of carbonyl (C=O) groups is 1. The smallest absolute Gasteiger partial charge is 0.293 e. The lowest BCUT2D eigenvalue weighted by molar-refractivity contribution is 0.0699. The number of carbonyl (C=O) groups excluding carboxylic acids is 1. The van der Waals surface area contributed by atoms with Crippen LogP contribution in [0.1, 0.15) is 53.7 Å². The molecule has 9 heteroatoms. The third kappa shape index (κ3) is 3.52. The first kappa shape index (κ1) is 18.0. The van der Waals surface area contributed by atoms with Gasteiger partial charge >= 0.3 is 0 Å². The summed E-state index contributed by atoms with van der Waals surface area (Å²) < 4.78 is 1.53. The van der Waals surface area contributed by atoms with E-state index in [1.54, 1.807) is 18.5 Å². The molecule has 0 saturated carbocycles. The molecule has 0 radical (unpaired) electrons. The van der Waals surface area contributed by atoms with Crippen molar-refractivity contribution >= 4 is 17.5 Å². The van der Waals surface area contributed by atoms with Gasteiger partial charge in [-0.15, -0.1) is 5.10 Å². The molecule has 29 heavy (non-hydrogen) atoms. The fourth-order valence-electron chi connectivity index (χ4n) is 4.17. The van der Waals surface area contributed by atoms with Crippen molar-refractivity contribution in [2.24, 2.45) is 0 Å².